The minimum atomic E-state index is -0.701. The molecule has 7 heteroatoms. The molecule has 23 heavy (non-hydrogen) atoms. The van der Waals surface area contributed by atoms with Crippen molar-refractivity contribution in [2.24, 2.45) is 0 Å². The first kappa shape index (κ1) is 14.1. The fourth-order valence-electron chi connectivity index (χ4n) is 3.00. The van der Waals surface area contributed by atoms with Gasteiger partial charge in [-0.15, -0.1) is 0 Å². The molecular weight excluding hydrogens is 322 g/mol. The number of hydrogen-bond donors (Lipinski definition) is 0. The van der Waals surface area contributed by atoms with Gasteiger partial charge >= 0.3 is 0 Å². The Morgan fingerprint density at radius 2 is 1.96 bits per heavy atom. The Morgan fingerprint density at radius 3 is 2.74 bits per heavy atom. The molecule has 0 saturated heterocycles. The molecule has 0 spiro atoms. The van der Waals surface area contributed by atoms with Crippen LogP contribution in [-0.2, 0) is 0 Å². The third-order valence-corrected chi connectivity index (χ3v) is 4.34. The summed E-state index contributed by atoms with van der Waals surface area (Å²) in [5.74, 6) is -1.42. The maximum atomic E-state index is 14.2. The molecular formula is C16H9ClF2N4. The summed E-state index contributed by atoms with van der Waals surface area (Å²) in [5.41, 5.74) is 1.52. The van der Waals surface area contributed by atoms with Gasteiger partial charge in [-0.05, 0) is 42.0 Å². The summed E-state index contributed by atoms with van der Waals surface area (Å²) < 4.78 is 29.5. The number of imidazole rings is 1. The van der Waals surface area contributed by atoms with Crippen molar-refractivity contribution in [3.05, 3.63) is 64.1 Å². The topological polar surface area (TPSA) is 54.0 Å². The van der Waals surface area contributed by atoms with E-state index in [1.807, 2.05) is 0 Å². The number of fused-ring (bicyclic) bond motifs is 1. The predicted molar refractivity (Wildman–Crippen MR) is 79.2 cm³/mol. The van der Waals surface area contributed by atoms with Crippen molar-refractivity contribution in [2.75, 3.05) is 0 Å². The smallest absolute Gasteiger partial charge is 0.157 e. The van der Waals surface area contributed by atoms with Crippen molar-refractivity contribution in [2.45, 2.75) is 18.3 Å². The minimum absolute atomic E-state index is 0.00207. The molecule has 2 heterocycles. The molecule has 1 aliphatic rings. The Balaban J connectivity index is 1.74. The summed E-state index contributed by atoms with van der Waals surface area (Å²) in [5, 5.41) is 13.2. The van der Waals surface area contributed by atoms with E-state index in [0.717, 1.165) is 17.7 Å². The van der Waals surface area contributed by atoms with Crippen LogP contribution in [0.3, 0.4) is 0 Å². The lowest BCUT2D eigenvalue weighted by molar-refractivity contribution is 0.582. The largest absolute Gasteiger partial charge is 0.235 e. The van der Waals surface area contributed by atoms with E-state index in [4.69, 9.17) is 16.9 Å². The molecule has 2 aromatic heterocycles. The fraction of sp³-hybridized carbons (Fsp3) is 0.188. The molecule has 1 fully saturated rings. The Kier molecular flexibility index (Phi) is 3.06. The first-order chi connectivity index (χ1) is 11.1. The number of nitrogens with zero attached hydrogens (tertiary/aromatic N) is 4. The summed E-state index contributed by atoms with van der Waals surface area (Å²) in [7, 11) is 0. The highest BCUT2D eigenvalue weighted by Gasteiger charge is 2.43. The van der Waals surface area contributed by atoms with Gasteiger partial charge in [0.15, 0.2) is 5.65 Å². The van der Waals surface area contributed by atoms with Gasteiger partial charge < -0.3 is 0 Å². The Morgan fingerprint density at radius 1 is 1.17 bits per heavy atom. The van der Waals surface area contributed by atoms with Crippen LogP contribution in [-0.4, -0.2) is 14.6 Å². The number of rotatable bonds is 2. The summed E-state index contributed by atoms with van der Waals surface area (Å²) in [6.07, 6.45) is 3.97. The van der Waals surface area contributed by atoms with Crippen LogP contribution in [0.4, 0.5) is 8.78 Å². The number of benzene rings is 1. The molecule has 0 aliphatic heterocycles. The highest BCUT2D eigenvalue weighted by molar-refractivity contribution is 6.29. The molecule has 4 nitrogen and oxygen atoms in total. The minimum Gasteiger partial charge on any atom is -0.235 e. The molecule has 0 unspecified atom stereocenters. The lowest BCUT2D eigenvalue weighted by Gasteiger charge is -2.06. The van der Waals surface area contributed by atoms with Crippen LogP contribution in [0, 0.1) is 23.0 Å². The van der Waals surface area contributed by atoms with Gasteiger partial charge in [0, 0.05) is 18.0 Å². The van der Waals surface area contributed by atoms with Gasteiger partial charge in [0.2, 0.25) is 0 Å². The molecule has 0 amide bonds. The third kappa shape index (κ3) is 2.25. The van der Waals surface area contributed by atoms with Gasteiger partial charge in [-0.1, -0.05) is 11.6 Å². The van der Waals surface area contributed by atoms with Crippen molar-refractivity contribution in [1.82, 2.24) is 14.6 Å². The maximum absolute atomic E-state index is 14.2. The number of aromatic nitrogens is 3. The van der Waals surface area contributed by atoms with Crippen molar-refractivity contribution in [3.63, 3.8) is 0 Å². The zero-order valence-electron chi connectivity index (χ0n) is 11.7. The van der Waals surface area contributed by atoms with Crippen molar-refractivity contribution in [3.8, 4) is 6.07 Å². The lowest BCUT2D eigenvalue weighted by atomic mass is 10.0. The molecule has 4 rings (SSSR count). The molecule has 2 atom stereocenters. The molecule has 3 aromatic rings. The zero-order chi connectivity index (χ0) is 16.1. The van der Waals surface area contributed by atoms with Crippen molar-refractivity contribution in [1.29, 1.82) is 5.26 Å². The average Bonchev–Trinajstić information content (AvgIpc) is 3.17. The first-order valence-corrected chi connectivity index (χ1v) is 7.35. The zero-order valence-corrected chi connectivity index (χ0v) is 12.4. The second-order valence-electron chi connectivity index (χ2n) is 5.53. The van der Waals surface area contributed by atoms with Crippen LogP contribution in [0.15, 0.2) is 30.6 Å². The molecule has 0 N–H and O–H groups in total. The number of halogens is 3. The number of nitriles is 1. The standard InChI is InChI=1S/C16H9ClF2N4/c17-15-6-12(16-21-1-2-23(16)22-15)10-4-9(10)11-5-13(18)8(7-20)3-14(11)19/h1-3,5-6,9-10H,4H2/t9-,10-/m0/s1. The fourth-order valence-corrected chi connectivity index (χ4v) is 3.20. The predicted octanol–water partition coefficient (Wildman–Crippen LogP) is 3.80. The molecule has 0 radical (unpaired) electrons. The summed E-state index contributed by atoms with van der Waals surface area (Å²) >= 11 is 6.01. The van der Waals surface area contributed by atoms with Crippen LogP contribution in [0.5, 0.6) is 0 Å². The molecule has 0 bridgehead atoms. The molecule has 1 aromatic carbocycles. The summed E-state index contributed by atoms with van der Waals surface area (Å²) in [6, 6.07) is 5.42. The van der Waals surface area contributed by atoms with Gasteiger partial charge in [0.25, 0.3) is 0 Å². The van der Waals surface area contributed by atoms with Gasteiger partial charge in [-0.25, -0.2) is 18.3 Å². The Labute approximate surface area is 134 Å². The van der Waals surface area contributed by atoms with Gasteiger partial charge in [0.05, 0.1) is 5.56 Å². The summed E-state index contributed by atoms with van der Waals surface area (Å²) in [6.45, 7) is 0. The third-order valence-electron chi connectivity index (χ3n) is 4.15. The van der Waals surface area contributed by atoms with Gasteiger partial charge in [-0.2, -0.15) is 10.4 Å². The van der Waals surface area contributed by atoms with Crippen LogP contribution < -0.4 is 0 Å². The molecule has 1 saturated carbocycles. The van der Waals surface area contributed by atoms with E-state index in [1.165, 1.54) is 0 Å². The van der Waals surface area contributed by atoms with Crippen LogP contribution in [0.1, 0.15) is 34.9 Å². The van der Waals surface area contributed by atoms with Gasteiger partial charge in [-0.3, -0.25) is 0 Å². The van der Waals surface area contributed by atoms with E-state index in [2.05, 4.69) is 10.1 Å². The highest BCUT2D eigenvalue weighted by atomic mass is 35.5. The van der Waals surface area contributed by atoms with E-state index in [1.54, 1.807) is 29.0 Å². The van der Waals surface area contributed by atoms with Crippen LogP contribution >= 0.6 is 11.6 Å². The van der Waals surface area contributed by atoms with E-state index >= 15 is 0 Å². The highest BCUT2D eigenvalue weighted by Crippen LogP contribution is 2.56. The SMILES string of the molecule is N#Cc1cc(F)c([C@H]2C[C@@H]2c2cc(Cl)nn3ccnc23)cc1F. The summed E-state index contributed by atoms with van der Waals surface area (Å²) in [4.78, 5) is 4.25. The second-order valence-corrected chi connectivity index (χ2v) is 5.92. The maximum Gasteiger partial charge on any atom is 0.157 e. The second kappa shape index (κ2) is 5.00. The van der Waals surface area contributed by atoms with E-state index in [9.17, 15) is 8.78 Å². The normalized spacial score (nSPS) is 19.7. The molecule has 1 aliphatic carbocycles. The van der Waals surface area contributed by atoms with E-state index in [-0.39, 0.29) is 23.0 Å². The average molecular weight is 331 g/mol. The van der Waals surface area contributed by atoms with Crippen molar-refractivity contribution < 1.29 is 8.78 Å². The van der Waals surface area contributed by atoms with E-state index < -0.39 is 11.6 Å². The first-order valence-electron chi connectivity index (χ1n) is 6.97. The number of hydrogen-bond acceptors (Lipinski definition) is 3. The monoisotopic (exact) mass is 330 g/mol. The lowest BCUT2D eigenvalue weighted by Crippen LogP contribution is -1.98. The Bertz CT molecular complexity index is 976. The van der Waals surface area contributed by atoms with E-state index in [0.29, 0.717) is 17.2 Å². The molecule has 114 valence electrons. The van der Waals surface area contributed by atoms with Crippen LogP contribution in [0.25, 0.3) is 5.65 Å². The Hall–Kier alpha value is -2.52. The quantitative estimate of drug-likeness (QED) is 0.718. The van der Waals surface area contributed by atoms with Crippen LogP contribution in [0.2, 0.25) is 5.15 Å². The van der Waals surface area contributed by atoms with Crippen molar-refractivity contribution >= 4 is 17.2 Å². The van der Waals surface area contributed by atoms with Gasteiger partial charge in [0.1, 0.15) is 22.9 Å².